The Morgan fingerprint density at radius 2 is 2.55 bits per heavy atom. The Labute approximate surface area is 67.1 Å². The normalized spacial score (nSPS) is 43.9. The Hall–Kier alpha value is -0.120. The van der Waals surface area contributed by atoms with Gasteiger partial charge in [0, 0.05) is 25.8 Å². The lowest BCUT2D eigenvalue weighted by atomic mass is 9.96. The molecule has 2 aliphatic heterocycles. The molecular weight excluding hydrogens is 142 g/mol. The monoisotopic (exact) mass is 157 g/mol. The zero-order valence-corrected chi connectivity index (χ0v) is 6.93. The Bertz CT molecular complexity index is 143. The van der Waals surface area contributed by atoms with Gasteiger partial charge in [-0.2, -0.15) is 0 Å². The highest BCUT2D eigenvalue weighted by Crippen LogP contribution is 2.29. The van der Waals surface area contributed by atoms with E-state index >= 15 is 0 Å². The van der Waals surface area contributed by atoms with Gasteiger partial charge in [-0.05, 0) is 12.8 Å². The van der Waals surface area contributed by atoms with Crippen LogP contribution in [0.1, 0.15) is 12.8 Å². The van der Waals surface area contributed by atoms with Gasteiger partial charge in [-0.3, -0.25) is 0 Å². The highest BCUT2D eigenvalue weighted by Gasteiger charge is 2.41. The van der Waals surface area contributed by atoms with Gasteiger partial charge in [0.25, 0.3) is 0 Å². The summed E-state index contributed by atoms with van der Waals surface area (Å²) in [5.74, 6) is 0. The Morgan fingerprint density at radius 3 is 3.09 bits per heavy atom. The number of hydrogen-bond donors (Lipinski definition) is 1. The molecule has 2 fully saturated rings. The summed E-state index contributed by atoms with van der Waals surface area (Å²) in [6.45, 7) is 2.76. The van der Waals surface area contributed by atoms with Crippen LogP contribution in [-0.4, -0.2) is 38.5 Å². The second kappa shape index (κ2) is 2.73. The Kier molecular flexibility index (Phi) is 1.87. The van der Waals surface area contributed by atoms with Crippen molar-refractivity contribution in [3.05, 3.63) is 0 Å². The maximum absolute atomic E-state index is 5.36. The lowest BCUT2D eigenvalue weighted by Gasteiger charge is -2.20. The van der Waals surface area contributed by atoms with E-state index in [0.717, 1.165) is 32.6 Å². The molecule has 3 heteroatoms. The Morgan fingerprint density at radius 1 is 1.64 bits per heavy atom. The Balaban J connectivity index is 1.96. The topological polar surface area (TPSA) is 30.5 Å². The first kappa shape index (κ1) is 7.53. The lowest BCUT2D eigenvalue weighted by Crippen LogP contribution is -2.39. The van der Waals surface area contributed by atoms with E-state index in [0.29, 0.717) is 6.10 Å². The van der Waals surface area contributed by atoms with Gasteiger partial charge in [-0.1, -0.05) is 0 Å². The fourth-order valence-corrected chi connectivity index (χ4v) is 1.98. The predicted octanol–water partition coefficient (Wildman–Crippen LogP) is 0.154. The summed E-state index contributed by atoms with van der Waals surface area (Å²) >= 11 is 0. The van der Waals surface area contributed by atoms with Crippen LogP contribution in [0.5, 0.6) is 0 Å². The molecule has 11 heavy (non-hydrogen) atoms. The zero-order chi connectivity index (χ0) is 7.73. The number of hydrogen-bond acceptors (Lipinski definition) is 3. The van der Waals surface area contributed by atoms with Crippen molar-refractivity contribution in [1.29, 1.82) is 0 Å². The summed E-state index contributed by atoms with van der Waals surface area (Å²) in [6.07, 6.45) is 2.66. The number of methoxy groups -OCH3 is 1. The van der Waals surface area contributed by atoms with Gasteiger partial charge in [0.05, 0.1) is 12.7 Å². The van der Waals surface area contributed by atoms with E-state index < -0.39 is 0 Å². The van der Waals surface area contributed by atoms with Crippen molar-refractivity contribution in [2.75, 3.05) is 26.9 Å². The third-order valence-electron chi connectivity index (χ3n) is 2.76. The minimum absolute atomic E-state index is 0.265. The molecule has 2 saturated heterocycles. The first-order valence-electron chi connectivity index (χ1n) is 4.20. The molecule has 3 nitrogen and oxygen atoms in total. The van der Waals surface area contributed by atoms with Crippen molar-refractivity contribution in [2.45, 2.75) is 24.5 Å². The maximum atomic E-state index is 5.36. The fourth-order valence-electron chi connectivity index (χ4n) is 1.98. The summed E-state index contributed by atoms with van der Waals surface area (Å²) in [5.41, 5.74) is 0.265. The summed E-state index contributed by atoms with van der Waals surface area (Å²) in [7, 11) is 1.78. The SMILES string of the molecule is COC1CNC2(CCOC2)C1. The molecule has 0 amide bonds. The molecule has 2 heterocycles. The molecule has 2 rings (SSSR count). The van der Waals surface area contributed by atoms with Gasteiger partial charge in [0.15, 0.2) is 0 Å². The largest absolute Gasteiger partial charge is 0.380 e. The van der Waals surface area contributed by atoms with Crippen LogP contribution in [0.25, 0.3) is 0 Å². The average Bonchev–Trinajstić information content (AvgIpc) is 2.62. The second-order valence-corrected chi connectivity index (χ2v) is 3.53. The van der Waals surface area contributed by atoms with Gasteiger partial charge in [-0.15, -0.1) is 0 Å². The molecule has 0 aromatic rings. The molecule has 2 unspecified atom stereocenters. The average molecular weight is 157 g/mol. The molecule has 0 bridgehead atoms. The van der Waals surface area contributed by atoms with Crippen LogP contribution < -0.4 is 5.32 Å². The second-order valence-electron chi connectivity index (χ2n) is 3.53. The number of rotatable bonds is 1. The van der Waals surface area contributed by atoms with E-state index in [1.54, 1.807) is 7.11 Å². The quantitative estimate of drug-likeness (QED) is 0.588. The minimum Gasteiger partial charge on any atom is -0.380 e. The van der Waals surface area contributed by atoms with Gasteiger partial charge in [0.2, 0.25) is 0 Å². The molecule has 2 aliphatic rings. The highest BCUT2D eigenvalue weighted by molar-refractivity contribution is 4.99. The van der Waals surface area contributed by atoms with E-state index in [4.69, 9.17) is 9.47 Å². The minimum atomic E-state index is 0.265. The molecule has 64 valence electrons. The third-order valence-corrected chi connectivity index (χ3v) is 2.76. The van der Waals surface area contributed by atoms with Crippen molar-refractivity contribution in [2.24, 2.45) is 0 Å². The van der Waals surface area contributed by atoms with E-state index in [2.05, 4.69) is 5.32 Å². The highest BCUT2D eigenvalue weighted by atomic mass is 16.5. The summed E-state index contributed by atoms with van der Waals surface area (Å²) in [4.78, 5) is 0. The van der Waals surface area contributed by atoms with E-state index in [9.17, 15) is 0 Å². The van der Waals surface area contributed by atoms with Crippen LogP contribution in [0.3, 0.4) is 0 Å². The van der Waals surface area contributed by atoms with Crippen molar-refractivity contribution < 1.29 is 9.47 Å². The van der Waals surface area contributed by atoms with Crippen LogP contribution >= 0.6 is 0 Å². The zero-order valence-electron chi connectivity index (χ0n) is 6.93. The number of ether oxygens (including phenoxy) is 2. The molecule has 0 saturated carbocycles. The molecule has 0 aliphatic carbocycles. The molecule has 1 spiro atoms. The van der Waals surface area contributed by atoms with E-state index in [-0.39, 0.29) is 5.54 Å². The van der Waals surface area contributed by atoms with Crippen LogP contribution in [0.15, 0.2) is 0 Å². The van der Waals surface area contributed by atoms with Crippen molar-refractivity contribution in [3.63, 3.8) is 0 Å². The van der Waals surface area contributed by atoms with E-state index in [1.807, 2.05) is 0 Å². The predicted molar refractivity (Wildman–Crippen MR) is 41.6 cm³/mol. The first-order valence-corrected chi connectivity index (χ1v) is 4.20. The van der Waals surface area contributed by atoms with Crippen LogP contribution in [0.4, 0.5) is 0 Å². The summed E-state index contributed by atoms with van der Waals surface area (Å²) in [6, 6.07) is 0. The van der Waals surface area contributed by atoms with Crippen molar-refractivity contribution in [1.82, 2.24) is 5.32 Å². The molecule has 0 aromatic carbocycles. The first-order chi connectivity index (χ1) is 5.35. The molecule has 0 radical (unpaired) electrons. The molecular formula is C8H15NO2. The van der Waals surface area contributed by atoms with Gasteiger partial charge in [-0.25, -0.2) is 0 Å². The van der Waals surface area contributed by atoms with Crippen LogP contribution in [0, 0.1) is 0 Å². The lowest BCUT2D eigenvalue weighted by molar-refractivity contribution is 0.108. The summed E-state index contributed by atoms with van der Waals surface area (Å²) < 4.78 is 10.6. The van der Waals surface area contributed by atoms with Gasteiger partial charge < -0.3 is 14.8 Å². The summed E-state index contributed by atoms with van der Waals surface area (Å²) in [5, 5.41) is 3.48. The molecule has 0 aromatic heterocycles. The van der Waals surface area contributed by atoms with Gasteiger partial charge >= 0.3 is 0 Å². The molecule has 2 atom stereocenters. The smallest absolute Gasteiger partial charge is 0.0714 e. The van der Waals surface area contributed by atoms with Gasteiger partial charge in [0.1, 0.15) is 0 Å². The standard InChI is InChI=1S/C8H15NO2/c1-10-7-4-8(9-5-7)2-3-11-6-8/h7,9H,2-6H2,1H3. The van der Waals surface area contributed by atoms with E-state index in [1.165, 1.54) is 0 Å². The maximum Gasteiger partial charge on any atom is 0.0714 e. The molecule has 1 N–H and O–H groups in total. The fraction of sp³-hybridized carbons (Fsp3) is 1.00. The van der Waals surface area contributed by atoms with Crippen LogP contribution in [0.2, 0.25) is 0 Å². The van der Waals surface area contributed by atoms with Crippen LogP contribution in [-0.2, 0) is 9.47 Å². The number of nitrogens with one attached hydrogen (secondary N) is 1. The third kappa shape index (κ3) is 1.28. The van der Waals surface area contributed by atoms with Crippen molar-refractivity contribution in [3.8, 4) is 0 Å². The van der Waals surface area contributed by atoms with Crippen molar-refractivity contribution >= 4 is 0 Å².